The van der Waals surface area contributed by atoms with Crippen molar-refractivity contribution >= 4 is 0 Å². The molecule has 0 spiro atoms. The zero-order valence-corrected chi connectivity index (χ0v) is 16.5. The van der Waals surface area contributed by atoms with Gasteiger partial charge in [0.25, 0.3) is 0 Å². The molecule has 1 fully saturated rings. The van der Waals surface area contributed by atoms with Crippen molar-refractivity contribution in [1.29, 1.82) is 0 Å². The predicted octanol–water partition coefficient (Wildman–Crippen LogP) is 4.34. The minimum Gasteiger partial charge on any atom is -0.285 e. The smallest absolute Gasteiger partial charge is 0.168 e. The molecule has 0 amide bonds. The van der Waals surface area contributed by atoms with E-state index in [1.165, 1.54) is 43.2 Å². The SMILES string of the molecule is C[C@@H](c1nnnn1C1CCCCC1)N(Cc1ccccc1)Cc1cccnc1. The first-order chi connectivity index (χ1) is 13.8. The number of rotatable bonds is 7. The van der Waals surface area contributed by atoms with Crippen molar-refractivity contribution in [3.8, 4) is 0 Å². The molecule has 1 aliphatic carbocycles. The van der Waals surface area contributed by atoms with Gasteiger partial charge in [-0.3, -0.25) is 9.88 Å². The molecule has 3 aromatic rings. The molecule has 6 heteroatoms. The Bertz CT molecular complexity index is 800. The van der Waals surface area contributed by atoms with E-state index in [1.54, 1.807) is 0 Å². The van der Waals surface area contributed by atoms with Crippen LogP contribution in [0, 0.1) is 0 Å². The highest BCUT2D eigenvalue weighted by molar-refractivity contribution is 5.16. The topological polar surface area (TPSA) is 59.7 Å². The molecule has 1 saturated carbocycles. The van der Waals surface area contributed by atoms with Crippen molar-refractivity contribution in [2.75, 3.05) is 0 Å². The van der Waals surface area contributed by atoms with Crippen LogP contribution in [0.5, 0.6) is 0 Å². The van der Waals surface area contributed by atoms with Crippen molar-refractivity contribution < 1.29 is 0 Å². The summed E-state index contributed by atoms with van der Waals surface area (Å²) in [5.74, 6) is 0.965. The van der Waals surface area contributed by atoms with Gasteiger partial charge in [-0.15, -0.1) is 5.10 Å². The monoisotopic (exact) mass is 376 g/mol. The lowest BCUT2D eigenvalue weighted by molar-refractivity contribution is 0.173. The molecule has 146 valence electrons. The van der Waals surface area contributed by atoms with E-state index < -0.39 is 0 Å². The van der Waals surface area contributed by atoms with Gasteiger partial charge in [0.15, 0.2) is 5.82 Å². The number of nitrogens with zero attached hydrogens (tertiary/aromatic N) is 6. The van der Waals surface area contributed by atoms with Gasteiger partial charge in [0, 0.05) is 25.5 Å². The van der Waals surface area contributed by atoms with Crippen LogP contribution in [0.2, 0.25) is 0 Å². The molecular formula is C22H28N6. The van der Waals surface area contributed by atoms with Crippen molar-refractivity contribution in [1.82, 2.24) is 30.1 Å². The fourth-order valence-corrected chi connectivity index (χ4v) is 4.10. The summed E-state index contributed by atoms with van der Waals surface area (Å²) in [7, 11) is 0. The van der Waals surface area contributed by atoms with Crippen LogP contribution in [0.15, 0.2) is 54.9 Å². The Morgan fingerprint density at radius 3 is 2.50 bits per heavy atom. The maximum absolute atomic E-state index is 4.44. The van der Waals surface area contributed by atoms with Crippen LogP contribution in [0.1, 0.15) is 68.1 Å². The van der Waals surface area contributed by atoms with Crippen LogP contribution in [0.4, 0.5) is 0 Å². The maximum atomic E-state index is 4.44. The van der Waals surface area contributed by atoms with Gasteiger partial charge in [-0.05, 0) is 47.4 Å². The standard InChI is InChI=1S/C22H28N6/c1-18(22-24-25-26-28(22)21-12-6-3-7-13-21)27(16-19-9-4-2-5-10-19)17-20-11-8-14-23-15-20/h2,4-5,8-11,14-15,18,21H,3,6-7,12-13,16-17H2,1H3/t18-/m0/s1. The lowest BCUT2D eigenvalue weighted by Crippen LogP contribution is -2.30. The molecule has 4 rings (SSSR count). The number of pyridine rings is 1. The summed E-state index contributed by atoms with van der Waals surface area (Å²) in [5.41, 5.74) is 2.48. The van der Waals surface area contributed by atoms with E-state index in [0.29, 0.717) is 6.04 Å². The van der Waals surface area contributed by atoms with Gasteiger partial charge >= 0.3 is 0 Å². The third-order valence-electron chi connectivity index (χ3n) is 5.70. The van der Waals surface area contributed by atoms with E-state index >= 15 is 0 Å². The van der Waals surface area contributed by atoms with E-state index in [2.05, 4.69) is 73.4 Å². The minimum atomic E-state index is 0.109. The fraction of sp³-hybridized carbons (Fsp3) is 0.455. The molecule has 6 nitrogen and oxygen atoms in total. The average molecular weight is 377 g/mol. The van der Waals surface area contributed by atoms with E-state index in [0.717, 1.165) is 18.9 Å². The van der Waals surface area contributed by atoms with Crippen molar-refractivity contribution in [2.24, 2.45) is 0 Å². The third kappa shape index (κ3) is 4.44. The van der Waals surface area contributed by atoms with Crippen LogP contribution in [-0.2, 0) is 13.1 Å². The molecule has 0 N–H and O–H groups in total. The zero-order chi connectivity index (χ0) is 19.2. The zero-order valence-electron chi connectivity index (χ0n) is 16.5. The van der Waals surface area contributed by atoms with E-state index in [4.69, 9.17) is 0 Å². The van der Waals surface area contributed by atoms with Crippen LogP contribution in [0.3, 0.4) is 0 Å². The Balaban J connectivity index is 1.59. The molecule has 1 aliphatic rings. The Morgan fingerprint density at radius 1 is 1.00 bits per heavy atom. The van der Waals surface area contributed by atoms with Crippen LogP contribution in [0.25, 0.3) is 0 Å². The lowest BCUT2D eigenvalue weighted by atomic mass is 9.95. The highest BCUT2D eigenvalue weighted by Gasteiger charge is 2.26. The second kappa shape index (κ2) is 9.06. The van der Waals surface area contributed by atoms with Gasteiger partial charge < -0.3 is 0 Å². The van der Waals surface area contributed by atoms with E-state index in [1.807, 2.05) is 18.5 Å². The summed E-state index contributed by atoms with van der Waals surface area (Å²) >= 11 is 0. The van der Waals surface area contributed by atoms with Crippen molar-refractivity contribution in [3.63, 3.8) is 0 Å². The molecule has 1 atom stereocenters. The van der Waals surface area contributed by atoms with E-state index in [-0.39, 0.29) is 6.04 Å². The first kappa shape index (κ1) is 18.7. The minimum absolute atomic E-state index is 0.109. The summed E-state index contributed by atoms with van der Waals surface area (Å²) in [6, 6.07) is 15.2. The quantitative estimate of drug-likeness (QED) is 0.614. The van der Waals surface area contributed by atoms with Gasteiger partial charge in [0.05, 0.1) is 12.1 Å². The maximum Gasteiger partial charge on any atom is 0.168 e. The number of hydrogen-bond acceptors (Lipinski definition) is 5. The summed E-state index contributed by atoms with van der Waals surface area (Å²) in [6.45, 7) is 3.86. The van der Waals surface area contributed by atoms with Crippen LogP contribution < -0.4 is 0 Å². The number of benzene rings is 1. The Kier molecular flexibility index (Phi) is 6.07. The molecule has 0 aliphatic heterocycles. The van der Waals surface area contributed by atoms with Gasteiger partial charge in [0.1, 0.15) is 0 Å². The second-order valence-corrected chi connectivity index (χ2v) is 7.70. The Morgan fingerprint density at radius 2 is 1.75 bits per heavy atom. The normalized spacial score (nSPS) is 16.4. The highest BCUT2D eigenvalue weighted by Crippen LogP contribution is 2.31. The third-order valence-corrected chi connectivity index (χ3v) is 5.70. The highest BCUT2D eigenvalue weighted by atomic mass is 15.6. The molecule has 0 radical (unpaired) electrons. The number of hydrogen-bond donors (Lipinski definition) is 0. The molecule has 28 heavy (non-hydrogen) atoms. The molecule has 2 heterocycles. The summed E-state index contributed by atoms with van der Waals surface area (Å²) < 4.78 is 2.09. The average Bonchev–Trinajstić information content (AvgIpc) is 3.25. The van der Waals surface area contributed by atoms with Crippen LogP contribution in [-0.4, -0.2) is 30.1 Å². The van der Waals surface area contributed by atoms with Gasteiger partial charge in [-0.25, -0.2) is 4.68 Å². The van der Waals surface area contributed by atoms with E-state index in [9.17, 15) is 0 Å². The first-order valence-corrected chi connectivity index (χ1v) is 10.3. The van der Waals surface area contributed by atoms with Gasteiger partial charge in [0.2, 0.25) is 0 Å². The molecular weight excluding hydrogens is 348 g/mol. The fourth-order valence-electron chi connectivity index (χ4n) is 4.10. The molecule has 0 unspecified atom stereocenters. The molecule has 1 aromatic carbocycles. The van der Waals surface area contributed by atoms with Crippen molar-refractivity contribution in [2.45, 2.75) is 64.2 Å². The molecule has 0 saturated heterocycles. The lowest BCUT2D eigenvalue weighted by Gasteiger charge is -2.30. The van der Waals surface area contributed by atoms with Crippen molar-refractivity contribution in [3.05, 3.63) is 71.8 Å². The molecule has 0 bridgehead atoms. The largest absolute Gasteiger partial charge is 0.285 e. The summed E-state index contributed by atoms with van der Waals surface area (Å²) in [6.07, 6.45) is 9.96. The van der Waals surface area contributed by atoms with Crippen LogP contribution >= 0.6 is 0 Å². The number of tetrazole rings is 1. The predicted molar refractivity (Wildman–Crippen MR) is 108 cm³/mol. The summed E-state index contributed by atoms with van der Waals surface area (Å²) in [4.78, 5) is 6.71. The second-order valence-electron chi connectivity index (χ2n) is 7.70. The number of aromatic nitrogens is 5. The summed E-state index contributed by atoms with van der Waals surface area (Å²) in [5, 5.41) is 12.9. The Hall–Kier alpha value is -2.60. The Labute approximate surface area is 166 Å². The van der Waals surface area contributed by atoms with Gasteiger partial charge in [-0.1, -0.05) is 55.7 Å². The molecule has 2 aromatic heterocycles. The first-order valence-electron chi connectivity index (χ1n) is 10.3. The van der Waals surface area contributed by atoms with Gasteiger partial charge in [-0.2, -0.15) is 0 Å².